The van der Waals surface area contributed by atoms with Crippen LogP contribution in [-0.2, 0) is 9.59 Å². The lowest BCUT2D eigenvalue weighted by molar-refractivity contribution is -0.141. The van der Waals surface area contributed by atoms with Gasteiger partial charge in [0.05, 0.1) is 6.42 Å². The lowest BCUT2D eigenvalue weighted by Crippen LogP contribution is -2.65. The molecule has 7 heteroatoms. The van der Waals surface area contributed by atoms with E-state index in [1.165, 1.54) is 4.90 Å². The topological polar surface area (TPSA) is 98.7 Å². The molecule has 3 amide bonds. The summed E-state index contributed by atoms with van der Waals surface area (Å²) in [5.74, 6) is -1.01. The molecule has 118 valence electrons. The number of carbonyl (C=O) groups is 3. The minimum Gasteiger partial charge on any atom is -0.481 e. The van der Waals surface area contributed by atoms with Gasteiger partial charge in [-0.1, -0.05) is 6.42 Å². The Balaban J connectivity index is 1.95. The number of carbonyl (C=O) groups excluding carboxylic acids is 2. The molecule has 21 heavy (non-hydrogen) atoms. The van der Waals surface area contributed by atoms with Gasteiger partial charge in [0.15, 0.2) is 0 Å². The van der Waals surface area contributed by atoms with Gasteiger partial charge in [0.1, 0.15) is 5.54 Å². The second-order valence-electron chi connectivity index (χ2n) is 6.55. The first-order valence-electron chi connectivity index (χ1n) is 7.32. The van der Waals surface area contributed by atoms with E-state index in [0.717, 1.165) is 19.3 Å². The summed E-state index contributed by atoms with van der Waals surface area (Å²) in [5, 5.41) is 14.5. The molecule has 0 aromatic rings. The molecule has 0 radical (unpaired) electrons. The molecule has 2 aliphatic rings. The number of nitrogens with one attached hydrogen (secondary N) is 2. The van der Waals surface area contributed by atoms with E-state index in [0.29, 0.717) is 19.6 Å². The molecule has 0 bridgehead atoms. The van der Waals surface area contributed by atoms with Crippen molar-refractivity contribution < 1.29 is 19.5 Å². The number of nitrogens with zero attached hydrogens (tertiary/aromatic N) is 1. The quantitative estimate of drug-likeness (QED) is 0.705. The number of urea groups is 1. The van der Waals surface area contributed by atoms with Gasteiger partial charge in [0.2, 0.25) is 5.91 Å². The Morgan fingerprint density at radius 1 is 1.38 bits per heavy atom. The van der Waals surface area contributed by atoms with Crippen molar-refractivity contribution in [2.75, 3.05) is 19.6 Å². The molecule has 1 saturated carbocycles. The molecule has 2 rings (SSSR count). The highest BCUT2D eigenvalue weighted by Gasteiger charge is 2.43. The van der Waals surface area contributed by atoms with Crippen molar-refractivity contribution in [2.24, 2.45) is 5.41 Å². The van der Waals surface area contributed by atoms with E-state index in [4.69, 9.17) is 5.11 Å². The summed E-state index contributed by atoms with van der Waals surface area (Å²) in [6.45, 7) is 4.66. The lowest BCUT2D eigenvalue weighted by Gasteiger charge is -2.44. The van der Waals surface area contributed by atoms with Crippen molar-refractivity contribution in [3.8, 4) is 0 Å². The normalized spacial score (nSPS) is 23.0. The molecule has 1 aliphatic heterocycles. The van der Waals surface area contributed by atoms with Crippen molar-refractivity contribution in [1.82, 2.24) is 15.5 Å². The summed E-state index contributed by atoms with van der Waals surface area (Å²) >= 11 is 0. The van der Waals surface area contributed by atoms with Gasteiger partial charge < -0.3 is 20.6 Å². The fourth-order valence-corrected chi connectivity index (χ4v) is 3.03. The molecule has 0 atom stereocenters. The second kappa shape index (κ2) is 5.54. The average Bonchev–Trinajstić information content (AvgIpc) is 2.35. The maximum absolute atomic E-state index is 12.3. The van der Waals surface area contributed by atoms with Gasteiger partial charge in [-0.3, -0.25) is 9.59 Å². The summed E-state index contributed by atoms with van der Waals surface area (Å²) in [6, 6.07) is -0.300. The van der Waals surface area contributed by atoms with Gasteiger partial charge in [0, 0.05) is 19.6 Å². The zero-order chi connectivity index (χ0) is 15.7. The highest BCUT2D eigenvalue weighted by molar-refractivity contribution is 5.91. The molecule has 0 unspecified atom stereocenters. The number of carboxylic acids is 1. The van der Waals surface area contributed by atoms with Crippen LogP contribution in [-0.4, -0.2) is 53.1 Å². The smallest absolute Gasteiger partial charge is 0.318 e. The van der Waals surface area contributed by atoms with E-state index >= 15 is 0 Å². The van der Waals surface area contributed by atoms with Crippen LogP contribution in [0.25, 0.3) is 0 Å². The van der Waals surface area contributed by atoms with E-state index in [1.54, 1.807) is 13.8 Å². The number of carboxylic acid groups (broad SMARTS) is 1. The Labute approximate surface area is 124 Å². The van der Waals surface area contributed by atoms with Crippen molar-refractivity contribution >= 4 is 17.9 Å². The van der Waals surface area contributed by atoms with E-state index in [9.17, 15) is 14.4 Å². The number of rotatable bonds is 4. The average molecular weight is 297 g/mol. The molecule has 0 aromatic heterocycles. The first-order chi connectivity index (χ1) is 9.77. The third kappa shape index (κ3) is 3.11. The Morgan fingerprint density at radius 3 is 2.57 bits per heavy atom. The van der Waals surface area contributed by atoms with E-state index in [-0.39, 0.29) is 23.8 Å². The van der Waals surface area contributed by atoms with Crippen molar-refractivity contribution in [1.29, 1.82) is 0 Å². The highest BCUT2D eigenvalue weighted by atomic mass is 16.4. The minimum atomic E-state index is -0.887. The maximum Gasteiger partial charge on any atom is 0.318 e. The van der Waals surface area contributed by atoms with Crippen LogP contribution in [0.15, 0.2) is 0 Å². The minimum absolute atomic E-state index is 0.0805. The Bertz CT molecular complexity index is 457. The molecule has 2 fully saturated rings. The number of piperazine rings is 1. The standard InChI is InChI=1S/C14H23N3O4/c1-13(2)11(20)15-6-7-17(13)12(21)16-9-14(4-3-5-14)8-10(18)19/h3-9H2,1-2H3,(H,15,20)(H,16,21)(H,18,19). The van der Waals surface area contributed by atoms with Crippen LogP contribution in [0.2, 0.25) is 0 Å². The summed E-state index contributed by atoms with van der Waals surface area (Å²) in [7, 11) is 0. The summed E-state index contributed by atoms with van der Waals surface area (Å²) in [5.41, 5.74) is -1.20. The molecule has 1 aliphatic carbocycles. The van der Waals surface area contributed by atoms with E-state index in [2.05, 4.69) is 10.6 Å². The summed E-state index contributed by atoms with van der Waals surface area (Å²) in [4.78, 5) is 36.6. The van der Waals surface area contributed by atoms with Gasteiger partial charge >= 0.3 is 12.0 Å². The Morgan fingerprint density at radius 2 is 2.05 bits per heavy atom. The molecule has 1 saturated heterocycles. The van der Waals surface area contributed by atoms with Crippen LogP contribution in [0.3, 0.4) is 0 Å². The van der Waals surface area contributed by atoms with Gasteiger partial charge in [-0.05, 0) is 32.1 Å². The van der Waals surface area contributed by atoms with E-state index in [1.807, 2.05) is 0 Å². The van der Waals surface area contributed by atoms with Crippen molar-refractivity contribution in [3.05, 3.63) is 0 Å². The van der Waals surface area contributed by atoms with Crippen molar-refractivity contribution in [3.63, 3.8) is 0 Å². The maximum atomic E-state index is 12.3. The van der Waals surface area contributed by atoms with Gasteiger partial charge in [0.25, 0.3) is 0 Å². The zero-order valence-corrected chi connectivity index (χ0v) is 12.6. The van der Waals surface area contributed by atoms with Crippen LogP contribution in [0, 0.1) is 5.41 Å². The largest absolute Gasteiger partial charge is 0.481 e. The van der Waals surface area contributed by atoms with Crippen LogP contribution < -0.4 is 10.6 Å². The Kier molecular flexibility index (Phi) is 4.11. The van der Waals surface area contributed by atoms with Gasteiger partial charge in [-0.25, -0.2) is 4.79 Å². The zero-order valence-electron chi connectivity index (χ0n) is 12.6. The Hall–Kier alpha value is -1.79. The molecule has 0 aromatic carbocycles. The summed E-state index contributed by atoms with van der Waals surface area (Å²) in [6.07, 6.45) is 2.73. The number of hydrogen-bond donors (Lipinski definition) is 3. The first kappa shape index (κ1) is 15.6. The third-order valence-electron chi connectivity index (χ3n) is 4.65. The number of amides is 3. The molecular weight excluding hydrogens is 274 g/mol. The van der Waals surface area contributed by atoms with Crippen LogP contribution in [0.1, 0.15) is 39.5 Å². The van der Waals surface area contributed by atoms with Crippen LogP contribution in [0.5, 0.6) is 0 Å². The summed E-state index contributed by atoms with van der Waals surface area (Å²) < 4.78 is 0. The first-order valence-corrected chi connectivity index (χ1v) is 7.32. The van der Waals surface area contributed by atoms with Crippen LogP contribution in [0.4, 0.5) is 4.79 Å². The number of aliphatic carboxylic acids is 1. The van der Waals surface area contributed by atoms with E-state index < -0.39 is 11.5 Å². The predicted molar refractivity (Wildman–Crippen MR) is 75.7 cm³/mol. The molecule has 1 heterocycles. The predicted octanol–water partition coefficient (Wildman–Crippen LogP) is 0.551. The van der Waals surface area contributed by atoms with Crippen molar-refractivity contribution in [2.45, 2.75) is 45.1 Å². The molecule has 3 N–H and O–H groups in total. The van der Waals surface area contributed by atoms with Gasteiger partial charge in [-0.15, -0.1) is 0 Å². The molecule has 7 nitrogen and oxygen atoms in total. The van der Waals surface area contributed by atoms with Gasteiger partial charge in [-0.2, -0.15) is 0 Å². The number of hydrogen-bond acceptors (Lipinski definition) is 3. The monoisotopic (exact) mass is 297 g/mol. The SMILES string of the molecule is CC1(C)C(=O)NCCN1C(=O)NCC1(CC(=O)O)CCC1. The lowest BCUT2D eigenvalue weighted by atomic mass is 9.66. The van der Waals surface area contributed by atoms with Crippen LogP contribution >= 0.6 is 0 Å². The molecular formula is C14H23N3O4. The fourth-order valence-electron chi connectivity index (χ4n) is 3.03. The molecule has 0 spiro atoms. The third-order valence-corrected chi connectivity index (χ3v) is 4.65. The fraction of sp³-hybridized carbons (Fsp3) is 0.786. The second-order valence-corrected chi connectivity index (χ2v) is 6.55. The highest BCUT2D eigenvalue weighted by Crippen LogP contribution is 2.43.